The molecule has 0 spiro atoms. The summed E-state index contributed by atoms with van der Waals surface area (Å²) in [6.45, 7) is 0.277. The number of aliphatic hydroxyl groups excluding tert-OH is 1. The standard InChI is InChI=1S/C13H19NOS/c1-14-13-11-5-3-2-4-10(11)6-7-12(13)16-9-8-15/h2-5,12-15H,6-9H2,1H3. The Morgan fingerprint density at radius 3 is 3.00 bits per heavy atom. The van der Waals surface area contributed by atoms with Crippen LogP contribution in [0.3, 0.4) is 0 Å². The highest BCUT2D eigenvalue weighted by atomic mass is 32.2. The second-order valence-electron chi connectivity index (χ2n) is 4.14. The molecule has 2 N–H and O–H groups in total. The van der Waals surface area contributed by atoms with E-state index in [1.807, 2.05) is 18.8 Å². The molecule has 16 heavy (non-hydrogen) atoms. The van der Waals surface area contributed by atoms with E-state index in [0.717, 1.165) is 12.2 Å². The number of hydrogen-bond donors (Lipinski definition) is 2. The van der Waals surface area contributed by atoms with Crippen molar-refractivity contribution in [3.8, 4) is 0 Å². The number of nitrogens with one attached hydrogen (secondary N) is 1. The Morgan fingerprint density at radius 2 is 2.25 bits per heavy atom. The molecule has 0 radical (unpaired) electrons. The number of hydrogen-bond acceptors (Lipinski definition) is 3. The third-order valence-corrected chi connectivity index (χ3v) is 4.55. The predicted octanol–water partition coefficient (Wildman–Crippen LogP) is 1.99. The van der Waals surface area contributed by atoms with Crippen LogP contribution in [0.5, 0.6) is 0 Å². The normalized spacial score (nSPS) is 24.1. The van der Waals surface area contributed by atoms with E-state index in [2.05, 4.69) is 29.6 Å². The maximum atomic E-state index is 8.91. The van der Waals surface area contributed by atoms with Crippen molar-refractivity contribution in [3.05, 3.63) is 35.4 Å². The van der Waals surface area contributed by atoms with Gasteiger partial charge in [-0.05, 0) is 31.0 Å². The first kappa shape index (κ1) is 12.0. The van der Waals surface area contributed by atoms with Crippen LogP contribution in [-0.4, -0.2) is 29.8 Å². The summed E-state index contributed by atoms with van der Waals surface area (Å²) in [5, 5.41) is 12.9. The summed E-state index contributed by atoms with van der Waals surface area (Å²) in [5.74, 6) is 0.838. The van der Waals surface area contributed by atoms with Crippen molar-refractivity contribution in [2.75, 3.05) is 19.4 Å². The third-order valence-electron chi connectivity index (χ3n) is 3.19. The van der Waals surface area contributed by atoms with Crippen LogP contribution in [0.15, 0.2) is 24.3 Å². The Balaban J connectivity index is 2.16. The molecule has 0 heterocycles. The lowest BCUT2D eigenvalue weighted by Crippen LogP contribution is -2.32. The molecule has 1 aromatic rings. The maximum absolute atomic E-state index is 8.91. The van der Waals surface area contributed by atoms with E-state index in [1.165, 1.54) is 17.5 Å². The molecule has 2 rings (SSSR count). The minimum Gasteiger partial charge on any atom is -0.396 e. The fraction of sp³-hybridized carbons (Fsp3) is 0.538. The number of thioether (sulfide) groups is 1. The predicted molar refractivity (Wildman–Crippen MR) is 69.9 cm³/mol. The molecule has 0 fully saturated rings. The highest BCUT2D eigenvalue weighted by Crippen LogP contribution is 2.36. The van der Waals surface area contributed by atoms with Gasteiger partial charge in [0.1, 0.15) is 0 Å². The van der Waals surface area contributed by atoms with Crippen molar-refractivity contribution < 1.29 is 5.11 Å². The summed E-state index contributed by atoms with van der Waals surface area (Å²) >= 11 is 1.88. The molecule has 0 amide bonds. The topological polar surface area (TPSA) is 32.3 Å². The zero-order chi connectivity index (χ0) is 11.4. The zero-order valence-corrected chi connectivity index (χ0v) is 10.5. The van der Waals surface area contributed by atoms with Crippen molar-refractivity contribution in [1.29, 1.82) is 0 Å². The van der Waals surface area contributed by atoms with Crippen LogP contribution in [0.1, 0.15) is 23.6 Å². The molecule has 1 aromatic carbocycles. The summed E-state index contributed by atoms with van der Waals surface area (Å²) < 4.78 is 0. The van der Waals surface area contributed by atoms with Gasteiger partial charge >= 0.3 is 0 Å². The summed E-state index contributed by atoms with van der Waals surface area (Å²) in [6.07, 6.45) is 2.37. The van der Waals surface area contributed by atoms with Gasteiger partial charge in [-0.3, -0.25) is 0 Å². The molecule has 3 heteroatoms. The molecule has 88 valence electrons. The van der Waals surface area contributed by atoms with Crippen LogP contribution in [0.4, 0.5) is 0 Å². The van der Waals surface area contributed by atoms with Crippen LogP contribution >= 0.6 is 11.8 Å². The van der Waals surface area contributed by atoms with Gasteiger partial charge in [-0.25, -0.2) is 0 Å². The molecule has 1 aliphatic rings. The SMILES string of the molecule is CNC1c2ccccc2CCC1SCCO. The Bertz CT molecular complexity index is 342. The van der Waals surface area contributed by atoms with E-state index < -0.39 is 0 Å². The molecular formula is C13H19NOS. The molecule has 1 aliphatic carbocycles. The van der Waals surface area contributed by atoms with Gasteiger partial charge in [0, 0.05) is 17.0 Å². The van der Waals surface area contributed by atoms with Crippen molar-refractivity contribution in [2.45, 2.75) is 24.1 Å². The summed E-state index contributed by atoms with van der Waals surface area (Å²) in [6, 6.07) is 9.12. The molecule has 0 saturated heterocycles. The molecule has 2 unspecified atom stereocenters. The van der Waals surface area contributed by atoms with Gasteiger partial charge in [0.2, 0.25) is 0 Å². The summed E-state index contributed by atoms with van der Waals surface area (Å²) in [4.78, 5) is 0. The van der Waals surface area contributed by atoms with E-state index in [0.29, 0.717) is 11.3 Å². The smallest absolute Gasteiger partial charge is 0.0521 e. The molecule has 0 aromatic heterocycles. The monoisotopic (exact) mass is 237 g/mol. The zero-order valence-electron chi connectivity index (χ0n) is 9.65. The van der Waals surface area contributed by atoms with E-state index in [-0.39, 0.29) is 6.61 Å². The fourth-order valence-corrected chi connectivity index (χ4v) is 3.62. The molecule has 0 saturated carbocycles. The lowest BCUT2D eigenvalue weighted by atomic mass is 9.87. The third kappa shape index (κ3) is 2.42. The largest absolute Gasteiger partial charge is 0.396 e. The first-order chi connectivity index (χ1) is 7.86. The first-order valence-electron chi connectivity index (χ1n) is 5.84. The summed E-state index contributed by atoms with van der Waals surface area (Å²) in [5.41, 5.74) is 2.91. The fourth-order valence-electron chi connectivity index (χ4n) is 2.46. The second kappa shape index (κ2) is 5.71. The van der Waals surface area contributed by atoms with Crippen molar-refractivity contribution in [2.24, 2.45) is 0 Å². The van der Waals surface area contributed by atoms with E-state index in [1.54, 1.807) is 0 Å². The van der Waals surface area contributed by atoms with Crippen molar-refractivity contribution >= 4 is 11.8 Å². The van der Waals surface area contributed by atoms with Gasteiger partial charge in [0.25, 0.3) is 0 Å². The lowest BCUT2D eigenvalue weighted by Gasteiger charge is -2.33. The molecule has 0 aliphatic heterocycles. The first-order valence-corrected chi connectivity index (χ1v) is 6.89. The Kier molecular flexibility index (Phi) is 4.27. The van der Waals surface area contributed by atoms with Crippen LogP contribution in [-0.2, 0) is 6.42 Å². The Labute approximate surface area is 101 Å². The molecular weight excluding hydrogens is 218 g/mol. The lowest BCUT2D eigenvalue weighted by molar-refractivity contribution is 0.322. The van der Waals surface area contributed by atoms with Crippen LogP contribution in [0, 0.1) is 0 Å². The highest BCUT2D eigenvalue weighted by molar-refractivity contribution is 7.99. The average molecular weight is 237 g/mol. The van der Waals surface area contributed by atoms with Gasteiger partial charge in [-0.1, -0.05) is 24.3 Å². The Morgan fingerprint density at radius 1 is 1.44 bits per heavy atom. The van der Waals surface area contributed by atoms with Gasteiger partial charge < -0.3 is 10.4 Å². The molecule has 2 atom stereocenters. The van der Waals surface area contributed by atoms with Gasteiger partial charge in [-0.15, -0.1) is 0 Å². The van der Waals surface area contributed by atoms with Crippen LogP contribution in [0.25, 0.3) is 0 Å². The van der Waals surface area contributed by atoms with Gasteiger partial charge in [-0.2, -0.15) is 11.8 Å². The van der Waals surface area contributed by atoms with Gasteiger partial charge in [0.05, 0.1) is 6.61 Å². The average Bonchev–Trinajstić information content (AvgIpc) is 2.35. The van der Waals surface area contributed by atoms with Crippen LogP contribution in [0.2, 0.25) is 0 Å². The van der Waals surface area contributed by atoms with Crippen LogP contribution < -0.4 is 5.32 Å². The minimum absolute atomic E-state index is 0.277. The Hall–Kier alpha value is -0.510. The quantitative estimate of drug-likeness (QED) is 0.840. The second-order valence-corrected chi connectivity index (χ2v) is 5.48. The molecule has 2 nitrogen and oxygen atoms in total. The number of fused-ring (bicyclic) bond motifs is 1. The van der Waals surface area contributed by atoms with E-state index in [9.17, 15) is 0 Å². The highest BCUT2D eigenvalue weighted by Gasteiger charge is 2.27. The number of aliphatic hydroxyl groups is 1. The summed E-state index contributed by atoms with van der Waals surface area (Å²) in [7, 11) is 2.03. The van der Waals surface area contributed by atoms with Gasteiger partial charge in [0.15, 0.2) is 0 Å². The maximum Gasteiger partial charge on any atom is 0.0521 e. The molecule has 0 bridgehead atoms. The number of aryl methyl sites for hydroxylation is 1. The number of benzene rings is 1. The van der Waals surface area contributed by atoms with E-state index in [4.69, 9.17) is 5.11 Å². The minimum atomic E-state index is 0.277. The number of rotatable bonds is 4. The van der Waals surface area contributed by atoms with E-state index >= 15 is 0 Å². The van der Waals surface area contributed by atoms with Crippen molar-refractivity contribution in [1.82, 2.24) is 5.32 Å². The van der Waals surface area contributed by atoms with Crippen molar-refractivity contribution in [3.63, 3.8) is 0 Å².